The van der Waals surface area contributed by atoms with Crippen LogP contribution in [0.3, 0.4) is 0 Å². The maximum absolute atomic E-state index is 12.3. The molecule has 4 rings (SSSR count). The highest BCUT2D eigenvalue weighted by Gasteiger charge is 2.12. The molecule has 4 aromatic rings. The van der Waals surface area contributed by atoms with Gasteiger partial charge in [0.05, 0.1) is 22.3 Å². The van der Waals surface area contributed by atoms with Crippen molar-refractivity contribution in [1.29, 1.82) is 0 Å². The number of hydrogen-bond acceptors (Lipinski definition) is 6. The zero-order valence-electron chi connectivity index (χ0n) is 14.8. The van der Waals surface area contributed by atoms with Gasteiger partial charge in [0, 0.05) is 16.1 Å². The first kappa shape index (κ1) is 19.3. The molecule has 3 N–H and O–H groups in total. The van der Waals surface area contributed by atoms with Gasteiger partial charge < -0.3 is 10.6 Å². The number of thiazole rings is 2. The van der Waals surface area contributed by atoms with Gasteiger partial charge >= 0.3 is 6.03 Å². The van der Waals surface area contributed by atoms with Crippen LogP contribution in [0, 0.1) is 0 Å². The molecule has 0 saturated heterocycles. The Balaban J connectivity index is 1.32. The van der Waals surface area contributed by atoms with Crippen molar-refractivity contribution < 1.29 is 9.59 Å². The second-order valence-electron chi connectivity index (χ2n) is 5.95. The van der Waals surface area contributed by atoms with Crippen LogP contribution in [0.4, 0.5) is 20.7 Å². The Morgan fingerprint density at radius 1 is 0.966 bits per heavy atom. The summed E-state index contributed by atoms with van der Waals surface area (Å²) in [6.07, 6.45) is 0.0873. The molecule has 2 aromatic heterocycles. The van der Waals surface area contributed by atoms with Crippen LogP contribution in [-0.4, -0.2) is 21.9 Å². The smallest absolute Gasteiger partial charge is 0.308 e. The van der Waals surface area contributed by atoms with E-state index in [-0.39, 0.29) is 12.3 Å². The van der Waals surface area contributed by atoms with E-state index in [1.165, 1.54) is 22.7 Å². The molecule has 10 heteroatoms. The van der Waals surface area contributed by atoms with Gasteiger partial charge in [-0.2, -0.15) is 0 Å². The molecule has 0 unspecified atom stereocenters. The van der Waals surface area contributed by atoms with Crippen LogP contribution in [0.25, 0.3) is 10.2 Å². The van der Waals surface area contributed by atoms with Crippen LogP contribution < -0.4 is 16.0 Å². The van der Waals surface area contributed by atoms with Crippen molar-refractivity contribution in [3.63, 3.8) is 0 Å². The third-order valence-corrected chi connectivity index (χ3v) is 5.73. The number of aromatic nitrogens is 2. The number of carbonyl (C=O) groups excluding carboxylic acids is 2. The van der Waals surface area contributed by atoms with Gasteiger partial charge in [0.15, 0.2) is 10.3 Å². The zero-order valence-corrected chi connectivity index (χ0v) is 17.2. The highest BCUT2D eigenvalue weighted by atomic mass is 35.5. The fourth-order valence-corrected chi connectivity index (χ4v) is 4.30. The van der Waals surface area contributed by atoms with Crippen LogP contribution in [-0.2, 0) is 11.2 Å². The molecule has 29 heavy (non-hydrogen) atoms. The van der Waals surface area contributed by atoms with Gasteiger partial charge in [0.1, 0.15) is 0 Å². The Morgan fingerprint density at radius 2 is 1.83 bits per heavy atom. The van der Waals surface area contributed by atoms with Gasteiger partial charge in [-0.15, -0.1) is 11.3 Å². The lowest BCUT2D eigenvalue weighted by Gasteiger charge is -2.05. The maximum atomic E-state index is 12.3. The van der Waals surface area contributed by atoms with Gasteiger partial charge in [-0.05, 0) is 30.3 Å². The summed E-state index contributed by atoms with van der Waals surface area (Å²) in [5.74, 6) is -0.218. The number of amides is 3. The lowest BCUT2D eigenvalue weighted by Crippen LogP contribution is -2.19. The molecule has 3 amide bonds. The Labute approximate surface area is 178 Å². The van der Waals surface area contributed by atoms with Crippen LogP contribution in [0.5, 0.6) is 0 Å². The van der Waals surface area contributed by atoms with Crippen molar-refractivity contribution in [1.82, 2.24) is 9.97 Å². The molecule has 0 aliphatic carbocycles. The predicted molar refractivity (Wildman–Crippen MR) is 118 cm³/mol. The number of benzene rings is 2. The average Bonchev–Trinajstić information content (AvgIpc) is 3.27. The zero-order chi connectivity index (χ0) is 20.2. The Kier molecular flexibility index (Phi) is 5.70. The summed E-state index contributed by atoms with van der Waals surface area (Å²) in [7, 11) is 0. The minimum Gasteiger partial charge on any atom is -0.308 e. The molecular weight excluding hydrogens is 430 g/mol. The van der Waals surface area contributed by atoms with Crippen LogP contribution in [0.2, 0.25) is 5.02 Å². The average molecular weight is 444 g/mol. The second-order valence-corrected chi connectivity index (χ2v) is 8.27. The topological polar surface area (TPSA) is 96.0 Å². The molecular formula is C19H14ClN5O2S2. The number of fused-ring (bicyclic) bond motifs is 1. The Hall–Kier alpha value is -3.01. The SMILES string of the molecule is O=C(Cc1csc(NC(=O)Nc2cccc(Cl)c2)n1)Nc1nc2ccccc2s1. The maximum Gasteiger partial charge on any atom is 0.325 e. The summed E-state index contributed by atoms with van der Waals surface area (Å²) in [6, 6.07) is 14.1. The molecule has 0 atom stereocenters. The van der Waals surface area contributed by atoms with Crippen molar-refractivity contribution >= 4 is 72.4 Å². The summed E-state index contributed by atoms with van der Waals surface area (Å²) < 4.78 is 1.01. The molecule has 0 fully saturated rings. The fourth-order valence-electron chi connectivity index (χ4n) is 2.52. The molecule has 7 nitrogen and oxygen atoms in total. The van der Waals surface area contributed by atoms with E-state index in [4.69, 9.17) is 11.6 Å². The molecule has 0 aliphatic rings. The normalized spacial score (nSPS) is 10.7. The molecule has 0 aliphatic heterocycles. The van der Waals surface area contributed by atoms with Gasteiger partial charge in [-0.1, -0.05) is 41.1 Å². The van der Waals surface area contributed by atoms with Gasteiger partial charge in [-0.3, -0.25) is 10.1 Å². The van der Waals surface area contributed by atoms with E-state index >= 15 is 0 Å². The fraction of sp³-hybridized carbons (Fsp3) is 0.0526. The summed E-state index contributed by atoms with van der Waals surface area (Å²) in [6.45, 7) is 0. The van der Waals surface area contributed by atoms with E-state index in [2.05, 4.69) is 25.9 Å². The van der Waals surface area contributed by atoms with E-state index < -0.39 is 6.03 Å². The van der Waals surface area contributed by atoms with Gasteiger partial charge in [0.2, 0.25) is 5.91 Å². The molecule has 2 heterocycles. The molecule has 2 aromatic carbocycles. The van der Waals surface area contributed by atoms with Crippen molar-refractivity contribution in [2.24, 2.45) is 0 Å². The third-order valence-electron chi connectivity index (χ3n) is 3.74. The van der Waals surface area contributed by atoms with Crippen molar-refractivity contribution in [2.45, 2.75) is 6.42 Å². The monoisotopic (exact) mass is 443 g/mol. The molecule has 0 radical (unpaired) electrons. The van der Waals surface area contributed by atoms with Crippen molar-refractivity contribution in [2.75, 3.05) is 16.0 Å². The minimum atomic E-state index is -0.438. The lowest BCUT2D eigenvalue weighted by atomic mass is 10.3. The number of carbonyl (C=O) groups is 2. The molecule has 0 bridgehead atoms. The Bertz CT molecular complexity index is 1160. The summed E-state index contributed by atoms with van der Waals surface area (Å²) in [4.78, 5) is 33.0. The minimum absolute atomic E-state index is 0.0873. The van der Waals surface area contributed by atoms with Crippen LogP contribution in [0.1, 0.15) is 5.69 Å². The number of urea groups is 1. The number of halogens is 1. The number of anilines is 3. The first-order chi connectivity index (χ1) is 14.0. The standard InChI is InChI=1S/C19H14ClN5O2S2/c20-11-4-3-5-12(8-11)21-17(27)25-18-22-13(10-28-18)9-16(26)24-19-23-14-6-1-2-7-15(14)29-19/h1-8,10H,9H2,(H,23,24,26)(H2,21,22,25,27). The second kappa shape index (κ2) is 8.56. The molecule has 0 spiro atoms. The number of para-hydroxylation sites is 1. The van der Waals surface area contributed by atoms with Crippen molar-refractivity contribution in [3.05, 3.63) is 64.6 Å². The molecule has 146 valence electrons. The quantitative estimate of drug-likeness (QED) is 0.393. The highest BCUT2D eigenvalue weighted by Crippen LogP contribution is 2.25. The first-order valence-electron chi connectivity index (χ1n) is 8.48. The first-order valence-corrected chi connectivity index (χ1v) is 10.6. The van der Waals surface area contributed by atoms with Gasteiger partial charge in [-0.25, -0.2) is 14.8 Å². The summed E-state index contributed by atoms with van der Waals surface area (Å²) >= 11 is 8.56. The Morgan fingerprint density at radius 3 is 2.66 bits per heavy atom. The number of nitrogens with one attached hydrogen (secondary N) is 3. The number of nitrogens with zero attached hydrogens (tertiary/aromatic N) is 2. The number of rotatable bonds is 5. The van der Waals surface area contributed by atoms with E-state index in [0.717, 1.165) is 10.2 Å². The summed E-state index contributed by atoms with van der Waals surface area (Å²) in [5, 5.41) is 11.3. The van der Waals surface area contributed by atoms with E-state index in [9.17, 15) is 9.59 Å². The van der Waals surface area contributed by atoms with E-state index in [1.54, 1.807) is 29.6 Å². The molecule has 0 saturated carbocycles. The summed E-state index contributed by atoms with van der Waals surface area (Å²) in [5.41, 5.74) is 1.98. The van der Waals surface area contributed by atoms with E-state index in [0.29, 0.717) is 26.7 Å². The van der Waals surface area contributed by atoms with E-state index in [1.807, 2.05) is 24.3 Å². The van der Waals surface area contributed by atoms with Crippen LogP contribution in [0.15, 0.2) is 53.9 Å². The third kappa shape index (κ3) is 5.08. The largest absolute Gasteiger partial charge is 0.325 e. The van der Waals surface area contributed by atoms with Crippen LogP contribution >= 0.6 is 34.3 Å². The predicted octanol–water partition coefficient (Wildman–Crippen LogP) is 5.23. The van der Waals surface area contributed by atoms with Crippen molar-refractivity contribution in [3.8, 4) is 0 Å². The highest BCUT2D eigenvalue weighted by molar-refractivity contribution is 7.22. The van der Waals surface area contributed by atoms with Gasteiger partial charge in [0.25, 0.3) is 0 Å². The number of hydrogen-bond donors (Lipinski definition) is 3. The lowest BCUT2D eigenvalue weighted by molar-refractivity contribution is -0.115.